The average Bonchev–Trinajstić information content (AvgIpc) is 2.88. The van der Waals surface area contributed by atoms with Crippen molar-refractivity contribution in [1.82, 2.24) is 10.2 Å². The van der Waals surface area contributed by atoms with Gasteiger partial charge >= 0.3 is 6.03 Å². The fourth-order valence-electron chi connectivity index (χ4n) is 2.77. The molecule has 0 saturated carbocycles. The number of benzene rings is 2. The van der Waals surface area contributed by atoms with Gasteiger partial charge in [0.05, 0.1) is 6.54 Å². The molecule has 0 radical (unpaired) electrons. The fourth-order valence-corrected chi connectivity index (χ4v) is 3.17. The van der Waals surface area contributed by atoms with E-state index in [0.29, 0.717) is 18.4 Å². The lowest BCUT2D eigenvalue weighted by Crippen LogP contribution is -2.36. The third kappa shape index (κ3) is 4.14. The molecule has 0 aliphatic carbocycles. The van der Waals surface area contributed by atoms with Crippen molar-refractivity contribution in [2.24, 2.45) is 0 Å². The molecular weight excluding hydrogens is 384 g/mol. The van der Waals surface area contributed by atoms with E-state index in [1.165, 1.54) is 0 Å². The van der Waals surface area contributed by atoms with E-state index in [1.54, 1.807) is 18.2 Å². The normalized spacial score (nSPS) is 16.8. The maximum Gasteiger partial charge on any atom is 0.325 e. The van der Waals surface area contributed by atoms with E-state index in [-0.39, 0.29) is 18.2 Å². The van der Waals surface area contributed by atoms with Crippen LogP contribution < -0.4 is 5.32 Å². The number of rotatable bonds is 6. The number of nitrogens with one attached hydrogen (secondary N) is 1. The molecule has 5 nitrogen and oxygen atoms in total. The Morgan fingerprint density at radius 1 is 1.08 bits per heavy atom. The number of carbonyl (C=O) groups is 3. The number of aryl methyl sites for hydroxylation is 1. The van der Waals surface area contributed by atoms with Gasteiger partial charge in [-0.3, -0.25) is 14.5 Å². The zero-order valence-corrected chi connectivity index (χ0v) is 15.0. The van der Waals surface area contributed by atoms with Crippen molar-refractivity contribution in [2.75, 3.05) is 6.54 Å². The Bertz CT molecular complexity index is 807. The minimum atomic E-state index is -0.581. The molecule has 0 spiro atoms. The molecule has 1 aliphatic heterocycles. The van der Waals surface area contributed by atoms with Gasteiger partial charge in [-0.1, -0.05) is 58.4 Å². The first-order valence-corrected chi connectivity index (χ1v) is 8.78. The predicted octanol–water partition coefficient (Wildman–Crippen LogP) is 3.19. The van der Waals surface area contributed by atoms with Crippen molar-refractivity contribution in [2.45, 2.75) is 18.9 Å². The number of Topliss-reactive ketones (excluding diaryl/α,β-unsaturated/α-hetero) is 1. The Hall–Kier alpha value is -2.47. The summed E-state index contributed by atoms with van der Waals surface area (Å²) in [6.45, 7) is -0.247. The van der Waals surface area contributed by atoms with Crippen LogP contribution in [0.2, 0.25) is 0 Å². The Kier molecular flexibility index (Phi) is 5.28. The number of urea groups is 1. The summed E-state index contributed by atoms with van der Waals surface area (Å²) in [6, 6.07) is 15.6. The van der Waals surface area contributed by atoms with Gasteiger partial charge in [0.25, 0.3) is 5.91 Å². The summed E-state index contributed by atoms with van der Waals surface area (Å²) < 4.78 is 0.774. The maximum absolute atomic E-state index is 12.5. The van der Waals surface area contributed by atoms with Crippen LogP contribution >= 0.6 is 15.9 Å². The second kappa shape index (κ2) is 7.61. The van der Waals surface area contributed by atoms with Gasteiger partial charge in [0.2, 0.25) is 0 Å². The van der Waals surface area contributed by atoms with Crippen molar-refractivity contribution < 1.29 is 14.4 Å². The van der Waals surface area contributed by atoms with Crippen LogP contribution in [-0.2, 0) is 11.2 Å². The van der Waals surface area contributed by atoms with Gasteiger partial charge in [-0.05, 0) is 30.5 Å². The first-order valence-electron chi connectivity index (χ1n) is 7.99. The fraction of sp³-hybridized carbons (Fsp3) is 0.211. The van der Waals surface area contributed by atoms with E-state index in [2.05, 4.69) is 21.2 Å². The van der Waals surface area contributed by atoms with Gasteiger partial charge in [-0.2, -0.15) is 0 Å². The zero-order chi connectivity index (χ0) is 17.8. The highest BCUT2D eigenvalue weighted by molar-refractivity contribution is 9.10. The number of amides is 3. The van der Waals surface area contributed by atoms with Crippen molar-refractivity contribution in [1.29, 1.82) is 0 Å². The van der Waals surface area contributed by atoms with Gasteiger partial charge in [-0.15, -0.1) is 0 Å². The summed E-state index contributed by atoms with van der Waals surface area (Å²) in [5.74, 6) is -0.613. The van der Waals surface area contributed by atoms with Crippen LogP contribution in [0.4, 0.5) is 4.79 Å². The highest BCUT2D eigenvalue weighted by Gasteiger charge is 2.38. The first-order chi connectivity index (χ1) is 12.0. The van der Waals surface area contributed by atoms with E-state index in [1.807, 2.05) is 36.4 Å². The smallest absolute Gasteiger partial charge is 0.325 e. The quantitative estimate of drug-likeness (QED) is 0.597. The van der Waals surface area contributed by atoms with E-state index in [4.69, 9.17) is 0 Å². The van der Waals surface area contributed by atoms with E-state index in [0.717, 1.165) is 14.9 Å². The lowest BCUT2D eigenvalue weighted by atomic mass is 10.1. The molecule has 1 saturated heterocycles. The lowest BCUT2D eigenvalue weighted by Gasteiger charge is -2.12. The molecular formula is C19H17BrN2O3. The highest BCUT2D eigenvalue weighted by atomic mass is 79.9. The SMILES string of the molecule is O=C(CN1C(=O)N[C@@H](CCc2ccccc2)C1=O)c1cccc(Br)c1. The third-order valence-corrected chi connectivity index (χ3v) is 4.61. The van der Waals surface area contributed by atoms with E-state index < -0.39 is 12.1 Å². The highest BCUT2D eigenvalue weighted by Crippen LogP contribution is 2.16. The predicted molar refractivity (Wildman–Crippen MR) is 97.3 cm³/mol. The van der Waals surface area contributed by atoms with Crippen LogP contribution in [0.15, 0.2) is 59.1 Å². The largest absolute Gasteiger partial charge is 0.326 e. The molecule has 128 valence electrons. The first kappa shape index (κ1) is 17.4. The molecule has 0 bridgehead atoms. The molecule has 1 heterocycles. The summed E-state index contributed by atoms with van der Waals surface area (Å²) in [6.07, 6.45) is 1.20. The number of nitrogens with zero attached hydrogens (tertiary/aromatic N) is 1. The summed E-state index contributed by atoms with van der Waals surface area (Å²) in [4.78, 5) is 37.9. The van der Waals surface area contributed by atoms with Gasteiger partial charge in [0, 0.05) is 10.0 Å². The molecule has 1 atom stereocenters. The molecule has 3 rings (SSSR count). The van der Waals surface area contributed by atoms with E-state index in [9.17, 15) is 14.4 Å². The second-order valence-corrected chi connectivity index (χ2v) is 6.80. The number of hydrogen-bond acceptors (Lipinski definition) is 3. The number of halogens is 1. The molecule has 3 amide bonds. The zero-order valence-electron chi connectivity index (χ0n) is 13.4. The van der Waals surface area contributed by atoms with Crippen LogP contribution in [-0.4, -0.2) is 35.2 Å². The topological polar surface area (TPSA) is 66.5 Å². The third-order valence-electron chi connectivity index (χ3n) is 4.12. The summed E-state index contributed by atoms with van der Waals surface area (Å²) in [5.41, 5.74) is 1.57. The van der Waals surface area contributed by atoms with Crippen molar-refractivity contribution in [3.63, 3.8) is 0 Å². The average molecular weight is 401 g/mol. The molecule has 2 aromatic carbocycles. The summed E-state index contributed by atoms with van der Waals surface area (Å²) in [7, 11) is 0. The number of imide groups is 1. The maximum atomic E-state index is 12.5. The molecule has 1 N–H and O–H groups in total. The van der Waals surface area contributed by atoms with Crippen LogP contribution in [0.5, 0.6) is 0 Å². The Balaban J connectivity index is 1.62. The van der Waals surface area contributed by atoms with Crippen LogP contribution in [0.3, 0.4) is 0 Å². The summed E-state index contributed by atoms with van der Waals surface area (Å²) >= 11 is 3.31. The number of carbonyl (C=O) groups excluding carboxylic acids is 3. The van der Waals surface area contributed by atoms with Gasteiger partial charge in [0.15, 0.2) is 5.78 Å². The number of hydrogen-bond donors (Lipinski definition) is 1. The minimum absolute atomic E-state index is 0.247. The summed E-state index contributed by atoms with van der Waals surface area (Å²) in [5, 5.41) is 2.67. The van der Waals surface area contributed by atoms with Gasteiger partial charge in [0.1, 0.15) is 6.04 Å². The van der Waals surface area contributed by atoms with Crippen molar-refractivity contribution >= 4 is 33.7 Å². The van der Waals surface area contributed by atoms with E-state index >= 15 is 0 Å². The molecule has 2 aromatic rings. The standard InChI is InChI=1S/C19H17BrN2O3/c20-15-8-4-7-14(11-15)17(23)12-22-18(24)16(21-19(22)25)10-9-13-5-2-1-3-6-13/h1-8,11,16H,9-10,12H2,(H,21,25)/t16-/m0/s1. The Labute approximate surface area is 154 Å². The molecule has 0 aromatic heterocycles. The molecule has 1 aliphatic rings. The van der Waals surface area contributed by atoms with Crippen molar-refractivity contribution in [3.8, 4) is 0 Å². The van der Waals surface area contributed by atoms with Gasteiger partial charge < -0.3 is 5.32 Å². The minimum Gasteiger partial charge on any atom is -0.326 e. The van der Waals surface area contributed by atoms with Crippen LogP contribution in [0.1, 0.15) is 22.3 Å². The Morgan fingerprint density at radius 2 is 1.84 bits per heavy atom. The molecule has 25 heavy (non-hydrogen) atoms. The van der Waals surface area contributed by atoms with Gasteiger partial charge in [-0.25, -0.2) is 4.79 Å². The number of ketones is 1. The van der Waals surface area contributed by atoms with Crippen LogP contribution in [0, 0.1) is 0 Å². The molecule has 6 heteroatoms. The van der Waals surface area contributed by atoms with Crippen molar-refractivity contribution in [3.05, 3.63) is 70.2 Å². The second-order valence-electron chi connectivity index (χ2n) is 5.88. The monoisotopic (exact) mass is 400 g/mol. The molecule has 1 fully saturated rings. The Morgan fingerprint density at radius 3 is 2.56 bits per heavy atom. The molecule has 0 unspecified atom stereocenters. The van der Waals surface area contributed by atoms with Crippen LogP contribution in [0.25, 0.3) is 0 Å². The lowest BCUT2D eigenvalue weighted by molar-refractivity contribution is -0.127.